The van der Waals surface area contributed by atoms with Gasteiger partial charge in [-0.05, 0) is 24.3 Å². The van der Waals surface area contributed by atoms with Gasteiger partial charge in [-0.3, -0.25) is 9.78 Å². The smallest absolute Gasteiger partial charge is 0.153 e. The van der Waals surface area contributed by atoms with Crippen LogP contribution in [-0.4, -0.2) is 30.5 Å². The molecule has 0 fully saturated rings. The van der Waals surface area contributed by atoms with Gasteiger partial charge in [0.15, 0.2) is 6.29 Å². The summed E-state index contributed by atoms with van der Waals surface area (Å²) in [6.07, 6.45) is 4.19. The first-order chi connectivity index (χ1) is 8.65. The standard InChI is InChI=1S/C7H10N2.C7H6O2/c1-9(2)7-3-5-8-6-4-7;8-5-6-3-1-2-4-7(6)9/h3-6H,1-2H3;1-5,9H. The van der Waals surface area contributed by atoms with E-state index in [0.717, 1.165) is 0 Å². The number of carbonyl (C=O) groups is 1. The number of para-hydroxylation sites is 1. The second kappa shape index (κ2) is 7.06. The van der Waals surface area contributed by atoms with Gasteiger partial charge in [0.2, 0.25) is 0 Å². The Bertz CT molecular complexity index is 484. The molecule has 1 N–H and O–H groups in total. The summed E-state index contributed by atoms with van der Waals surface area (Å²) in [6, 6.07) is 10.3. The van der Waals surface area contributed by atoms with E-state index >= 15 is 0 Å². The first-order valence-electron chi connectivity index (χ1n) is 5.45. The highest BCUT2D eigenvalue weighted by atomic mass is 16.3. The molecule has 0 unspecified atom stereocenters. The van der Waals surface area contributed by atoms with E-state index in [1.807, 2.05) is 31.1 Å². The molecule has 0 atom stereocenters. The fraction of sp³-hybridized carbons (Fsp3) is 0.143. The molecule has 94 valence electrons. The van der Waals surface area contributed by atoms with Crippen LogP contribution >= 0.6 is 0 Å². The number of hydrogen-bond donors (Lipinski definition) is 1. The van der Waals surface area contributed by atoms with E-state index in [1.165, 1.54) is 11.8 Å². The van der Waals surface area contributed by atoms with Crippen molar-refractivity contribution in [2.45, 2.75) is 0 Å². The van der Waals surface area contributed by atoms with Gasteiger partial charge in [0.1, 0.15) is 5.75 Å². The number of phenolic OH excluding ortho intramolecular Hbond substituents is 1. The van der Waals surface area contributed by atoms with Gasteiger partial charge in [-0.2, -0.15) is 0 Å². The third-order valence-corrected chi connectivity index (χ3v) is 2.24. The normalized spacial score (nSPS) is 9.00. The van der Waals surface area contributed by atoms with Crippen LogP contribution in [0.15, 0.2) is 48.8 Å². The molecule has 0 spiro atoms. The van der Waals surface area contributed by atoms with Crippen molar-refractivity contribution in [1.29, 1.82) is 0 Å². The summed E-state index contributed by atoms with van der Waals surface area (Å²) in [4.78, 5) is 16.0. The monoisotopic (exact) mass is 244 g/mol. The molecule has 0 saturated heterocycles. The van der Waals surface area contributed by atoms with E-state index in [9.17, 15) is 4.79 Å². The zero-order valence-corrected chi connectivity index (χ0v) is 10.4. The molecule has 0 amide bonds. The van der Waals surface area contributed by atoms with Crippen molar-refractivity contribution >= 4 is 12.0 Å². The molecule has 4 nitrogen and oxygen atoms in total. The minimum absolute atomic E-state index is 0.0347. The molecule has 0 aliphatic rings. The van der Waals surface area contributed by atoms with Crippen LogP contribution in [0, 0.1) is 0 Å². The topological polar surface area (TPSA) is 53.4 Å². The predicted molar refractivity (Wildman–Crippen MR) is 72.1 cm³/mol. The van der Waals surface area contributed by atoms with Crippen LogP contribution < -0.4 is 4.90 Å². The second-order valence-electron chi connectivity index (χ2n) is 3.78. The van der Waals surface area contributed by atoms with Crippen LogP contribution in [0.2, 0.25) is 0 Å². The number of anilines is 1. The van der Waals surface area contributed by atoms with Gasteiger partial charge in [0, 0.05) is 32.2 Å². The van der Waals surface area contributed by atoms with Gasteiger partial charge in [-0.25, -0.2) is 0 Å². The maximum atomic E-state index is 10.1. The maximum Gasteiger partial charge on any atom is 0.153 e. The van der Waals surface area contributed by atoms with Gasteiger partial charge in [0.25, 0.3) is 0 Å². The number of aromatic nitrogens is 1. The van der Waals surface area contributed by atoms with Crippen molar-refractivity contribution in [3.8, 4) is 5.75 Å². The van der Waals surface area contributed by atoms with Crippen molar-refractivity contribution < 1.29 is 9.90 Å². The highest BCUT2D eigenvalue weighted by molar-refractivity contribution is 5.78. The van der Waals surface area contributed by atoms with E-state index in [4.69, 9.17) is 5.11 Å². The first-order valence-corrected chi connectivity index (χ1v) is 5.45. The zero-order valence-electron chi connectivity index (χ0n) is 10.4. The minimum Gasteiger partial charge on any atom is -0.507 e. The van der Waals surface area contributed by atoms with E-state index in [0.29, 0.717) is 11.8 Å². The number of pyridine rings is 1. The third-order valence-electron chi connectivity index (χ3n) is 2.24. The molecular weight excluding hydrogens is 228 g/mol. The number of phenols is 1. The molecule has 18 heavy (non-hydrogen) atoms. The molecule has 2 rings (SSSR count). The SMILES string of the molecule is CN(C)c1ccncc1.O=Cc1ccccc1O. The molecule has 0 aliphatic carbocycles. The molecule has 4 heteroatoms. The number of benzene rings is 1. The highest BCUT2D eigenvalue weighted by Gasteiger charge is 1.93. The first kappa shape index (κ1) is 13.7. The Morgan fingerprint density at radius 2 is 1.72 bits per heavy atom. The van der Waals surface area contributed by atoms with E-state index in [2.05, 4.69) is 4.98 Å². The Labute approximate surface area is 107 Å². The van der Waals surface area contributed by atoms with E-state index in [1.54, 1.807) is 30.6 Å². The lowest BCUT2D eigenvalue weighted by Gasteiger charge is -2.10. The number of rotatable bonds is 2. The molecule has 1 aromatic carbocycles. The van der Waals surface area contributed by atoms with Gasteiger partial charge >= 0.3 is 0 Å². The van der Waals surface area contributed by atoms with Gasteiger partial charge in [-0.15, -0.1) is 0 Å². The summed E-state index contributed by atoms with van der Waals surface area (Å²) in [7, 11) is 4.02. The Morgan fingerprint density at radius 1 is 1.11 bits per heavy atom. The molecule has 0 saturated carbocycles. The Morgan fingerprint density at radius 3 is 2.11 bits per heavy atom. The molecule has 1 heterocycles. The number of aldehydes is 1. The number of hydrogen-bond acceptors (Lipinski definition) is 4. The van der Waals surface area contributed by atoms with Crippen LogP contribution in [0.25, 0.3) is 0 Å². The Kier molecular flexibility index (Phi) is 5.38. The molecule has 0 bridgehead atoms. The summed E-state index contributed by atoms with van der Waals surface area (Å²) in [5, 5.41) is 8.88. The van der Waals surface area contributed by atoms with E-state index in [-0.39, 0.29) is 5.75 Å². The number of nitrogens with zero attached hydrogens (tertiary/aromatic N) is 2. The summed E-state index contributed by atoms with van der Waals surface area (Å²) in [5.74, 6) is 0.0347. The quantitative estimate of drug-likeness (QED) is 0.824. The van der Waals surface area contributed by atoms with Crippen molar-refractivity contribution in [1.82, 2.24) is 4.98 Å². The minimum atomic E-state index is 0.0347. The lowest BCUT2D eigenvalue weighted by Crippen LogP contribution is -2.07. The summed E-state index contributed by atoms with van der Waals surface area (Å²) in [5.41, 5.74) is 1.52. The van der Waals surface area contributed by atoms with Crippen molar-refractivity contribution in [3.05, 3.63) is 54.4 Å². The zero-order chi connectivity index (χ0) is 13.4. The molecule has 2 aromatic rings. The maximum absolute atomic E-state index is 10.1. The van der Waals surface area contributed by atoms with Crippen molar-refractivity contribution in [2.75, 3.05) is 19.0 Å². The second-order valence-corrected chi connectivity index (χ2v) is 3.78. The molecular formula is C14H16N2O2. The van der Waals surface area contributed by atoms with Gasteiger partial charge in [-0.1, -0.05) is 12.1 Å². The number of carbonyl (C=O) groups excluding carboxylic acids is 1. The largest absolute Gasteiger partial charge is 0.507 e. The average molecular weight is 244 g/mol. The fourth-order valence-electron chi connectivity index (χ4n) is 1.23. The summed E-state index contributed by atoms with van der Waals surface area (Å²) >= 11 is 0. The molecule has 0 radical (unpaired) electrons. The van der Waals surface area contributed by atoms with Crippen LogP contribution in [0.5, 0.6) is 5.75 Å². The highest BCUT2D eigenvalue weighted by Crippen LogP contribution is 2.11. The molecule has 0 aliphatic heterocycles. The number of aromatic hydroxyl groups is 1. The van der Waals surface area contributed by atoms with E-state index < -0.39 is 0 Å². The van der Waals surface area contributed by atoms with Gasteiger partial charge < -0.3 is 10.0 Å². The lowest BCUT2D eigenvalue weighted by atomic mass is 10.2. The molecule has 1 aromatic heterocycles. The Hall–Kier alpha value is -2.36. The third kappa shape index (κ3) is 4.25. The fourth-order valence-corrected chi connectivity index (χ4v) is 1.23. The van der Waals surface area contributed by atoms with Crippen LogP contribution in [0.1, 0.15) is 10.4 Å². The summed E-state index contributed by atoms with van der Waals surface area (Å²) in [6.45, 7) is 0. The van der Waals surface area contributed by atoms with Crippen LogP contribution in [0.3, 0.4) is 0 Å². The average Bonchev–Trinajstić information content (AvgIpc) is 2.41. The summed E-state index contributed by atoms with van der Waals surface area (Å²) < 4.78 is 0. The predicted octanol–water partition coefficient (Wildman–Crippen LogP) is 2.35. The Balaban J connectivity index is 0.000000180. The van der Waals surface area contributed by atoms with Crippen molar-refractivity contribution in [3.63, 3.8) is 0 Å². The van der Waals surface area contributed by atoms with Crippen LogP contribution in [0.4, 0.5) is 5.69 Å². The van der Waals surface area contributed by atoms with Crippen molar-refractivity contribution in [2.24, 2.45) is 0 Å². The van der Waals surface area contributed by atoms with Gasteiger partial charge in [0.05, 0.1) is 5.56 Å². The van der Waals surface area contributed by atoms with Crippen LogP contribution in [-0.2, 0) is 0 Å². The lowest BCUT2D eigenvalue weighted by molar-refractivity contribution is 0.112.